The number of nitrogens with zero attached hydrogens (tertiary/aromatic N) is 3. The molecule has 3 aromatic rings. The summed E-state index contributed by atoms with van der Waals surface area (Å²) in [4.78, 5) is 17.7. The molecule has 0 amide bonds. The van der Waals surface area contributed by atoms with E-state index in [1.54, 1.807) is 22.8 Å². The first-order valence-corrected chi connectivity index (χ1v) is 9.74. The highest BCUT2D eigenvalue weighted by atomic mass is 35.5. The molecule has 0 saturated carbocycles. The van der Waals surface area contributed by atoms with Crippen molar-refractivity contribution in [1.82, 2.24) is 9.55 Å². The Morgan fingerprint density at radius 1 is 1.27 bits per heavy atom. The third-order valence-electron chi connectivity index (χ3n) is 4.40. The molecule has 1 heterocycles. The molecule has 1 atom stereocenters. The Kier molecular flexibility index (Phi) is 5.65. The minimum atomic E-state index is -0.164. The van der Waals surface area contributed by atoms with Crippen molar-refractivity contribution in [2.45, 2.75) is 31.3 Å². The van der Waals surface area contributed by atoms with Gasteiger partial charge in [-0.3, -0.25) is 9.36 Å². The molecule has 0 spiro atoms. The van der Waals surface area contributed by atoms with Crippen molar-refractivity contribution < 1.29 is 0 Å². The number of aromatic nitrogens is 2. The van der Waals surface area contributed by atoms with Crippen molar-refractivity contribution in [3.63, 3.8) is 0 Å². The van der Waals surface area contributed by atoms with Crippen LogP contribution in [0.15, 0.2) is 52.4 Å². The van der Waals surface area contributed by atoms with Crippen molar-refractivity contribution in [2.75, 3.05) is 5.75 Å². The molecule has 0 fully saturated rings. The quantitative estimate of drug-likeness (QED) is 0.450. The van der Waals surface area contributed by atoms with E-state index in [1.165, 1.54) is 17.3 Å². The zero-order valence-corrected chi connectivity index (χ0v) is 16.1. The second-order valence-electron chi connectivity index (χ2n) is 6.04. The van der Waals surface area contributed by atoms with Crippen LogP contribution in [0.5, 0.6) is 0 Å². The molecule has 26 heavy (non-hydrogen) atoms. The van der Waals surface area contributed by atoms with E-state index < -0.39 is 0 Å². The van der Waals surface area contributed by atoms with Crippen LogP contribution in [-0.4, -0.2) is 15.3 Å². The number of thioether (sulfide) groups is 1. The number of benzene rings is 2. The molecule has 0 aliphatic heterocycles. The van der Waals surface area contributed by atoms with E-state index in [9.17, 15) is 4.79 Å². The maximum absolute atomic E-state index is 13.1. The summed E-state index contributed by atoms with van der Waals surface area (Å²) in [6.07, 6.45) is 1.06. The van der Waals surface area contributed by atoms with Crippen LogP contribution in [0, 0.1) is 11.3 Å². The molecule has 0 radical (unpaired) electrons. The highest BCUT2D eigenvalue weighted by Gasteiger charge is 2.14. The molecule has 3 rings (SSSR count). The van der Waals surface area contributed by atoms with Gasteiger partial charge in [0.2, 0.25) is 0 Å². The molecule has 1 aromatic heterocycles. The Hall–Kier alpha value is -2.29. The van der Waals surface area contributed by atoms with E-state index in [4.69, 9.17) is 16.9 Å². The summed E-state index contributed by atoms with van der Waals surface area (Å²) < 4.78 is 1.57. The van der Waals surface area contributed by atoms with Crippen LogP contribution in [0.4, 0.5) is 0 Å². The zero-order chi connectivity index (χ0) is 18.7. The summed E-state index contributed by atoms with van der Waals surface area (Å²) in [5.74, 6) is 0.675. The number of hydrogen-bond donors (Lipinski definition) is 0. The van der Waals surface area contributed by atoms with Crippen LogP contribution < -0.4 is 5.56 Å². The summed E-state index contributed by atoms with van der Waals surface area (Å²) in [5.41, 5.74) is 2.35. The summed E-state index contributed by atoms with van der Waals surface area (Å²) in [7, 11) is 0. The topological polar surface area (TPSA) is 58.7 Å². The predicted octanol–water partition coefficient (Wildman–Crippen LogP) is 5.17. The van der Waals surface area contributed by atoms with Crippen molar-refractivity contribution >= 4 is 34.3 Å². The molecule has 0 bridgehead atoms. The number of rotatable bonds is 5. The van der Waals surface area contributed by atoms with Crippen molar-refractivity contribution in [3.05, 3.63) is 63.4 Å². The summed E-state index contributed by atoms with van der Waals surface area (Å²) in [6.45, 7) is 4.33. The van der Waals surface area contributed by atoms with E-state index in [0.29, 0.717) is 27.0 Å². The van der Waals surface area contributed by atoms with Gasteiger partial charge in [-0.1, -0.05) is 49.3 Å². The van der Waals surface area contributed by atoms with Gasteiger partial charge in [0, 0.05) is 5.02 Å². The van der Waals surface area contributed by atoms with Gasteiger partial charge in [0.25, 0.3) is 5.56 Å². The average Bonchev–Trinajstić information content (AvgIpc) is 2.65. The normalized spacial score (nSPS) is 12.1. The lowest BCUT2D eigenvalue weighted by molar-refractivity contribution is 0.732. The Balaban J connectivity index is 2.19. The Labute approximate surface area is 161 Å². The van der Waals surface area contributed by atoms with Gasteiger partial charge in [0.1, 0.15) is 0 Å². The van der Waals surface area contributed by atoms with Crippen molar-refractivity contribution in [3.8, 4) is 11.8 Å². The fourth-order valence-electron chi connectivity index (χ4n) is 2.75. The van der Waals surface area contributed by atoms with E-state index in [2.05, 4.69) is 24.9 Å². The van der Waals surface area contributed by atoms with E-state index in [-0.39, 0.29) is 11.3 Å². The molecule has 0 N–H and O–H groups in total. The van der Waals surface area contributed by atoms with Crippen LogP contribution in [0.1, 0.15) is 31.7 Å². The fourth-order valence-corrected chi connectivity index (χ4v) is 3.59. The molecular formula is C20H18ClN3OS. The van der Waals surface area contributed by atoms with E-state index >= 15 is 0 Å². The molecule has 2 aromatic carbocycles. The minimum Gasteiger partial charge on any atom is -0.268 e. The summed E-state index contributed by atoms with van der Waals surface area (Å²) >= 11 is 7.28. The van der Waals surface area contributed by atoms with Crippen LogP contribution in [0.3, 0.4) is 0 Å². The average molecular weight is 384 g/mol. The maximum atomic E-state index is 13.1. The van der Waals surface area contributed by atoms with Gasteiger partial charge in [-0.2, -0.15) is 5.26 Å². The van der Waals surface area contributed by atoms with Gasteiger partial charge in [-0.05, 0) is 48.2 Å². The second-order valence-corrected chi connectivity index (χ2v) is 7.42. The van der Waals surface area contributed by atoms with Crippen LogP contribution >= 0.6 is 23.4 Å². The lowest BCUT2D eigenvalue weighted by Crippen LogP contribution is -2.21. The minimum absolute atomic E-state index is 0.164. The molecule has 0 aliphatic carbocycles. The van der Waals surface area contributed by atoms with E-state index in [0.717, 1.165) is 12.1 Å². The van der Waals surface area contributed by atoms with Gasteiger partial charge < -0.3 is 0 Å². The molecule has 0 saturated heterocycles. The number of halogens is 1. The third kappa shape index (κ3) is 3.62. The van der Waals surface area contributed by atoms with Gasteiger partial charge in [0.15, 0.2) is 5.16 Å². The molecule has 1 unspecified atom stereocenters. The third-order valence-corrected chi connectivity index (χ3v) is 5.44. The second kappa shape index (κ2) is 7.94. The molecule has 4 nitrogen and oxygen atoms in total. The molecule has 0 aliphatic rings. The Morgan fingerprint density at radius 2 is 2.00 bits per heavy atom. The number of fused-ring (bicyclic) bond motifs is 1. The first-order valence-electron chi connectivity index (χ1n) is 8.37. The molecular weight excluding hydrogens is 366 g/mol. The fraction of sp³-hybridized carbons (Fsp3) is 0.250. The first-order chi connectivity index (χ1) is 12.5. The van der Waals surface area contributed by atoms with Crippen LogP contribution in [0.25, 0.3) is 16.6 Å². The van der Waals surface area contributed by atoms with Crippen LogP contribution in [-0.2, 0) is 0 Å². The van der Waals surface area contributed by atoms with Gasteiger partial charge in [-0.25, -0.2) is 4.98 Å². The number of nitriles is 1. The highest BCUT2D eigenvalue weighted by Crippen LogP contribution is 2.24. The largest absolute Gasteiger partial charge is 0.268 e. The highest BCUT2D eigenvalue weighted by molar-refractivity contribution is 7.99. The van der Waals surface area contributed by atoms with Crippen molar-refractivity contribution in [2.24, 2.45) is 0 Å². The van der Waals surface area contributed by atoms with Crippen LogP contribution in [0.2, 0.25) is 5.02 Å². The van der Waals surface area contributed by atoms with Crippen molar-refractivity contribution in [1.29, 1.82) is 5.26 Å². The molecule has 132 valence electrons. The lowest BCUT2D eigenvalue weighted by atomic mass is 9.98. The van der Waals surface area contributed by atoms with Gasteiger partial charge in [-0.15, -0.1) is 0 Å². The van der Waals surface area contributed by atoms with E-state index in [1.807, 2.05) is 24.3 Å². The van der Waals surface area contributed by atoms with Gasteiger partial charge >= 0.3 is 0 Å². The van der Waals surface area contributed by atoms with Gasteiger partial charge in [0.05, 0.1) is 28.4 Å². The zero-order valence-electron chi connectivity index (χ0n) is 14.6. The first kappa shape index (κ1) is 18.5. The predicted molar refractivity (Wildman–Crippen MR) is 107 cm³/mol. The number of hydrogen-bond acceptors (Lipinski definition) is 4. The standard InChI is InChI=1S/C20H18ClN3OS/c1-3-13(2)14-4-7-16(8-5-14)24-19(25)17-9-6-15(21)12-18(17)23-20(24)26-11-10-22/h4-9,12-13H,3,11H2,1-2H3. The summed E-state index contributed by atoms with van der Waals surface area (Å²) in [6, 6.07) is 15.1. The molecule has 6 heteroatoms. The Bertz CT molecular complexity index is 1040. The smallest absolute Gasteiger partial charge is 0.266 e. The lowest BCUT2D eigenvalue weighted by Gasteiger charge is -2.14. The SMILES string of the molecule is CCC(C)c1ccc(-n2c(SCC#N)nc3cc(Cl)ccc3c2=O)cc1. The monoisotopic (exact) mass is 383 g/mol. The maximum Gasteiger partial charge on any atom is 0.266 e. The Morgan fingerprint density at radius 3 is 2.65 bits per heavy atom. The summed E-state index contributed by atoms with van der Waals surface area (Å²) in [5, 5.41) is 10.4.